The highest BCUT2D eigenvalue weighted by molar-refractivity contribution is 5.74. The molecule has 1 atom stereocenters. The Labute approximate surface area is 137 Å². The third kappa shape index (κ3) is 5.19. The lowest BCUT2D eigenvalue weighted by Gasteiger charge is -2.17. The molecule has 0 fully saturated rings. The Morgan fingerprint density at radius 2 is 2.00 bits per heavy atom. The summed E-state index contributed by atoms with van der Waals surface area (Å²) in [7, 11) is 0. The molecular weight excluding hydrogens is 288 g/mol. The van der Waals surface area contributed by atoms with Crippen LogP contribution >= 0.6 is 0 Å². The number of carbonyl (C=O) groups excluding carboxylic acids is 1. The molecule has 0 aliphatic rings. The van der Waals surface area contributed by atoms with Crippen molar-refractivity contribution in [3.05, 3.63) is 54.1 Å². The fraction of sp³-hybridized carbons (Fsp3) is 0.333. The molecule has 2 N–H and O–H groups in total. The van der Waals surface area contributed by atoms with Gasteiger partial charge in [0.05, 0.1) is 12.4 Å². The predicted molar refractivity (Wildman–Crippen MR) is 90.6 cm³/mol. The Kier molecular flexibility index (Phi) is 5.81. The summed E-state index contributed by atoms with van der Waals surface area (Å²) in [5, 5.41) is 5.60. The second kappa shape index (κ2) is 8.04. The lowest BCUT2D eigenvalue weighted by atomic mass is 10.1. The zero-order chi connectivity index (χ0) is 16.7. The topological polar surface area (TPSA) is 59.0 Å². The van der Waals surface area contributed by atoms with Gasteiger partial charge in [-0.3, -0.25) is 0 Å². The van der Waals surface area contributed by atoms with Crippen molar-refractivity contribution in [1.29, 1.82) is 0 Å². The van der Waals surface area contributed by atoms with Crippen LogP contribution in [0.1, 0.15) is 25.0 Å². The smallest absolute Gasteiger partial charge is 0.316 e. The van der Waals surface area contributed by atoms with Crippen molar-refractivity contribution in [2.24, 2.45) is 5.92 Å². The summed E-state index contributed by atoms with van der Waals surface area (Å²) >= 11 is 0. The van der Waals surface area contributed by atoms with Gasteiger partial charge in [-0.05, 0) is 17.0 Å². The maximum atomic E-state index is 11.8. The van der Waals surface area contributed by atoms with Crippen LogP contribution in [0.3, 0.4) is 0 Å². The molecule has 0 saturated carbocycles. The van der Waals surface area contributed by atoms with E-state index in [1.807, 2.05) is 48.9 Å². The molecule has 0 aliphatic carbocycles. The minimum atomic E-state index is -0.257. The third-order valence-corrected chi connectivity index (χ3v) is 3.53. The zero-order valence-electron chi connectivity index (χ0n) is 13.5. The molecule has 1 aromatic carbocycles. The normalized spacial score (nSPS) is 11.7. The van der Waals surface area contributed by atoms with Gasteiger partial charge in [-0.2, -0.15) is 0 Å². The number of aromatic nitrogens is 2. The minimum Gasteiger partial charge on any atom is -0.334 e. The Morgan fingerprint density at radius 1 is 1.30 bits per heavy atom. The Bertz CT molecular complexity index is 653. The van der Waals surface area contributed by atoms with E-state index in [0.717, 1.165) is 12.1 Å². The van der Waals surface area contributed by atoms with Gasteiger partial charge in [0.2, 0.25) is 0 Å². The van der Waals surface area contributed by atoms with Gasteiger partial charge in [0, 0.05) is 25.5 Å². The Balaban J connectivity index is 1.82. The second-order valence-corrected chi connectivity index (χ2v) is 5.77. The lowest BCUT2D eigenvalue weighted by molar-refractivity contribution is 0.236. The van der Waals surface area contributed by atoms with Gasteiger partial charge in [-0.25, -0.2) is 9.78 Å². The van der Waals surface area contributed by atoms with Crippen molar-refractivity contribution < 1.29 is 4.79 Å². The number of imidazole rings is 1. The van der Waals surface area contributed by atoms with E-state index in [1.165, 1.54) is 5.56 Å². The maximum Gasteiger partial charge on any atom is 0.316 e. The van der Waals surface area contributed by atoms with Gasteiger partial charge < -0.3 is 15.2 Å². The summed E-state index contributed by atoms with van der Waals surface area (Å²) in [6.45, 7) is 5.20. The lowest BCUT2D eigenvalue weighted by Crippen LogP contribution is -2.43. The fourth-order valence-corrected chi connectivity index (χ4v) is 2.13. The summed E-state index contributed by atoms with van der Waals surface area (Å²) in [4.78, 5) is 15.9. The molecule has 0 saturated heterocycles. The molecule has 120 valence electrons. The molecule has 0 bridgehead atoms. The van der Waals surface area contributed by atoms with Crippen molar-refractivity contribution in [3.63, 3.8) is 0 Å². The summed E-state index contributed by atoms with van der Waals surface area (Å²) in [6, 6.07) is 7.61. The van der Waals surface area contributed by atoms with Crippen molar-refractivity contribution in [2.45, 2.75) is 33.0 Å². The van der Waals surface area contributed by atoms with Crippen molar-refractivity contribution >= 4 is 6.03 Å². The van der Waals surface area contributed by atoms with Gasteiger partial charge >= 0.3 is 6.03 Å². The highest BCUT2D eigenvalue weighted by Gasteiger charge is 2.12. The molecule has 2 rings (SSSR count). The minimum absolute atomic E-state index is 0.202. The van der Waals surface area contributed by atoms with Crippen LogP contribution in [0, 0.1) is 18.3 Å². The van der Waals surface area contributed by atoms with Crippen LogP contribution in [-0.4, -0.2) is 21.6 Å². The highest BCUT2D eigenvalue weighted by Crippen LogP contribution is 2.06. The summed E-state index contributed by atoms with van der Waals surface area (Å²) in [5.74, 6) is 2.78. The summed E-state index contributed by atoms with van der Waals surface area (Å²) < 4.78 is 2.01. The van der Waals surface area contributed by atoms with Crippen LogP contribution < -0.4 is 10.6 Å². The number of nitrogens with zero attached hydrogens (tertiary/aromatic N) is 2. The van der Waals surface area contributed by atoms with Gasteiger partial charge in [0.1, 0.15) is 0 Å². The van der Waals surface area contributed by atoms with E-state index in [-0.39, 0.29) is 18.0 Å². The predicted octanol–water partition coefficient (Wildman–Crippen LogP) is 2.39. The first-order valence-corrected chi connectivity index (χ1v) is 7.62. The van der Waals surface area contributed by atoms with E-state index >= 15 is 0 Å². The van der Waals surface area contributed by atoms with Crippen LogP contribution in [0.15, 0.2) is 43.0 Å². The standard InChI is InChI=1S/C18H22N4O/c1-4-17(14(2)3)21-18(23)20-11-15-5-7-16(8-6-15)12-22-10-9-19-13-22/h1,5-10,13-14,17H,11-12H2,2-3H3,(H2,20,21,23). The molecule has 1 aromatic heterocycles. The molecule has 1 heterocycles. The first-order valence-electron chi connectivity index (χ1n) is 7.62. The fourth-order valence-electron chi connectivity index (χ4n) is 2.13. The summed E-state index contributed by atoms with van der Waals surface area (Å²) in [5.41, 5.74) is 2.22. The van der Waals surface area contributed by atoms with E-state index in [0.29, 0.717) is 6.54 Å². The van der Waals surface area contributed by atoms with Gasteiger partial charge in [0.15, 0.2) is 0 Å². The average molecular weight is 310 g/mol. The number of terminal acetylenes is 1. The van der Waals surface area contributed by atoms with E-state index in [2.05, 4.69) is 21.5 Å². The first-order chi connectivity index (χ1) is 11.1. The van der Waals surface area contributed by atoms with Crippen molar-refractivity contribution in [3.8, 4) is 12.3 Å². The Hall–Kier alpha value is -2.74. The quantitative estimate of drug-likeness (QED) is 0.805. The molecule has 23 heavy (non-hydrogen) atoms. The number of amides is 2. The molecule has 2 amide bonds. The molecule has 5 heteroatoms. The van der Waals surface area contributed by atoms with E-state index in [4.69, 9.17) is 6.42 Å². The van der Waals surface area contributed by atoms with Crippen LogP contribution in [-0.2, 0) is 13.1 Å². The van der Waals surface area contributed by atoms with Crippen LogP contribution in [0.25, 0.3) is 0 Å². The van der Waals surface area contributed by atoms with Gasteiger partial charge in [-0.1, -0.05) is 44.0 Å². The highest BCUT2D eigenvalue weighted by atomic mass is 16.2. The number of hydrogen-bond donors (Lipinski definition) is 2. The number of benzene rings is 1. The molecule has 0 aliphatic heterocycles. The molecule has 1 unspecified atom stereocenters. The summed E-state index contributed by atoms with van der Waals surface area (Å²) in [6.07, 6.45) is 10.9. The number of rotatable bonds is 6. The average Bonchev–Trinajstić information content (AvgIpc) is 3.04. The van der Waals surface area contributed by atoms with Gasteiger partial charge in [0.25, 0.3) is 0 Å². The molecule has 5 nitrogen and oxygen atoms in total. The molecule has 0 radical (unpaired) electrons. The van der Waals surface area contributed by atoms with Crippen LogP contribution in [0.4, 0.5) is 4.79 Å². The Morgan fingerprint density at radius 3 is 2.57 bits per heavy atom. The monoisotopic (exact) mass is 310 g/mol. The number of carbonyl (C=O) groups is 1. The SMILES string of the molecule is C#CC(NC(=O)NCc1ccc(Cn2ccnc2)cc1)C(C)C. The zero-order valence-corrected chi connectivity index (χ0v) is 13.5. The number of urea groups is 1. The number of hydrogen-bond acceptors (Lipinski definition) is 2. The molecule has 2 aromatic rings. The van der Waals surface area contributed by atoms with E-state index in [1.54, 1.807) is 12.5 Å². The van der Waals surface area contributed by atoms with Crippen LogP contribution in [0.2, 0.25) is 0 Å². The molecular formula is C18H22N4O. The first kappa shape index (κ1) is 16.6. The van der Waals surface area contributed by atoms with E-state index in [9.17, 15) is 4.79 Å². The largest absolute Gasteiger partial charge is 0.334 e. The maximum absolute atomic E-state index is 11.8. The number of nitrogens with one attached hydrogen (secondary N) is 2. The van der Waals surface area contributed by atoms with Crippen molar-refractivity contribution in [1.82, 2.24) is 20.2 Å². The van der Waals surface area contributed by atoms with E-state index < -0.39 is 0 Å². The third-order valence-electron chi connectivity index (χ3n) is 3.53. The van der Waals surface area contributed by atoms with Crippen molar-refractivity contribution in [2.75, 3.05) is 0 Å². The second-order valence-electron chi connectivity index (χ2n) is 5.77. The van der Waals surface area contributed by atoms with Crippen LogP contribution in [0.5, 0.6) is 0 Å². The van der Waals surface area contributed by atoms with Gasteiger partial charge in [-0.15, -0.1) is 6.42 Å². The molecule has 0 spiro atoms.